The molecule has 1 aliphatic heterocycles. The van der Waals surface area contributed by atoms with Crippen LogP contribution in [0.4, 0.5) is 5.69 Å². The number of fused-ring (bicyclic) bond motifs is 1. The van der Waals surface area contributed by atoms with Crippen LogP contribution in [0.25, 0.3) is 0 Å². The lowest BCUT2D eigenvalue weighted by atomic mass is 9.87. The lowest BCUT2D eigenvalue weighted by Gasteiger charge is -2.26. The SMILES string of the molecule is CC(C)(C)CC(N)CCN1CCc2ccccc21. The Morgan fingerprint density at radius 3 is 2.72 bits per heavy atom. The van der Waals surface area contributed by atoms with Crippen LogP contribution >= 0.6 is 0 Å². The summed E-state index contributed by atoms with van der Waals surface area (Å²) < 4.78 is 0. The number of para-hydroxylation sites is 1. The molecule has 0 amide bonds. The molecule has 1 aliphatic rings. The van der Waals surface area contributed by atoms with Gasteiger partial charge >= 0.3 is 0 Å². The zero-order valence-electron chi connectivity index (χ0n) is 11.9. The highest BCUT2D eigenvalue weighted by Crippen LogP contribution is 2.28. The second-order valence-corrected chi connectivity index (χ2v) is 6.68. The number of hydrogen-bond donors (Lipinski definition) is 1. The van der Waals surface area contributed by atoms with Gasteiger partial charge in [0.05, 0.1) is 0 Å². The lowest BCUT2D eigenvalue weighted by molar-refractivity contribution is 0.332. The highest BCUT2D eigenvalue weighted by atomic mass is 15.1. The third kappa shape index (κ3) is 3.49. The maximum Gasteiger partial charge on any atom is 0.0399 e. The predicted octanol–water partition coefficient (Wildman–Crippen LogP) is 3.20. The van der Waals surface area contributed by atoms with Gasteiger partial charge in [-0.25, -0.2) is 0 Å². The van der Waals surface area contributed by atoms with Gasteiger partial charge in [0, 0.05) is 24.8 Å². The van der Waals surface area contributed by atoms with E-state index in [1.807, 2.05) is 0 Å². The fraction of sp³-hybridized carbons (Fsp3) is 0.625. The highest BCUT2D eigenvalue weighted by Gasteiger charge is 2.20. The van der Waals surface area contributed by atoms with E-state index in [1.165, 1.54) is 17.7 Å². The standard InChI is InChI=1S/C16H26N2/c1-16(2,3)12-14(17)9-11-18-10-8-13-6-4-5-7-15(13)18/h4-7,14H,8-12,17H2,1-3H3. The van der Waals surface area contributed by atoms with Crippen LogP contribution in [-0.4, -0.2) is 19.1 Å². The lowest BCUT2D eigenvalue weighted by Crippen LogP contribution is -2.32. The van der Waals surface area contributed by atoms with Crippen molar-refractivity contribution in [3.8, 4) is 0 Å². The molecule has 18 heavy (non-hydrogen) atoms. The number of rotatable bonds is 4. The summed E-state index contributed by atoms with van der Waals surface area (Å²) in [4.78, 5) is 2.48. The summed E-state index contributed by atoms with van der Waals surface area (Å²) in [5, 5.41) is 0. The monoisotopic (exact) mass is 246 g/mol. The van der Waals surface area contributed by atoms with E-state index in [-0.39, 0.29) is 0 Å². The van der Waals surface area contributed by atoms with E-state index in [0.717, 1.165) is 25.9 Å². The van der Waals surface area contributed by atoms with E-state index >= 15 is 0 Å². The first-order valence-corrected chi connectivity index (χ1v) is 7.04. The zero-order chi connectivity index (χ0) is 13.2. The van der Waals surface area contributed by atoms with Crippen molar-refractivity contribution in [2.24, 2.45) is 11.1 Å². The summed E-state index contributed by atoms with van der Waals surface area (Å²) in [6, 6.07) is 9.06. The summed E-state index contributed by atoms with van der Waals surface area (Å²) in [5.74, 6) is 0. The molecular formula is C16H26N2. The molecule has 0 saturated heterocycles. The van der Waals surface area contributed by atoms with Crippen molar-refractivity contribution in [3.05, 3.63) is 29.8 Å². The van der Waals surface area contributed by atoms with Gasteiger partial charge in [0.1, 0.15) is 0 Å². The Kier molecular flexibility index (Phi) is 3.96. The Morgan fingerprint density at radius 1 is 1.28 bits per heavy atom. The summed E-state index contributed by atoms with van der Waals surface area (Å²) in [6.07, 6.45) is 3.37. The van der Waals surface area contributed by atoms with Gasteiger partial charge in [-0.1, -0.05) is 39.0 Å². The first-order chi connectivity index (χ1) is 8.46. The van der Waals surface area contributed by atoms with E-state index in [0.29, 0.717) is 11.5 Å². The number of nitrogens with two attached hydrogens (primary N) is 1. The second kappa shape index (κ2) is 5.31. The van der Waals surface area contributed by atoms with Gasteiger partial charge in [0.15, 0.2) is 0 Å². The van der Waals surface area contributed by atoms with Crippen molar-refractivity contribution in [1.29, 1.82) is 0 Å². The van der Waals surface area contributed by atoms with Crippen LogP contribution in [0.1, 0.15) is 39.2 Å². The number of anilines is 1. The van der Waals surface area contributed by atoms with E-state index in [2.05, 4.69) is 49.9 Å². The minimum absolute atomic E-state index is 0.317. The number of hydrogen-bond acceptors (Lipinski definition) is 2. The normalized spacial score (nSPS) is 16.8. The van der Waals surface area contributed by atoms with E-state index in [4.69, 9.17) is 5.73 Å². The summed E-state index contributed by atoms with van der Waals surface area (Å²) in [6.45, 7) is 9.03. The van der Waals surface area contributed by atoms with Crippen molar-refractivity contribution in [2.45, 2.75) is 46.1 Å². The Hall–Kier alpha value is -1.02. The topological polar surface area (TPSA) is 29.3 Å². The van der Waals surface area contributed by atoms with Gasteiger partial charge in [-0.2, -0.15) is 0 Å². The van der Waals surface area contributed by atoms with Gasteiger partial charge < -0.3 is 10.6 Å². The molecule has 0 aromatic heterocycles. The molecule has 0 aliphatic carbocycles. The van der Waals surface area contributed by atoms with Gasteiger partial charge in [0.25, 0.3) is 0 Å². The van der Waals surface area contributed by atoms with Crippen LogP contribution in [0, 0.1) is 5.41 Å². The Bertz CT molecular complexity index is 392. The molecule has 0 fully saturated rings. The Balaban J connectivity index is 1.85. The van der Waals surface area contributed by atoms with Crippen LogP contribution in [0.2, 0.25) is 0 Å². The van der Waals surface area contributed by atoms with Gasteiger partial charge in [-0.3, -0.25) is 0 Å². The van der Waals surface area contributed by atoms with Crippen molar-refractivity contribution < 1.29 is 0 Å². The minimum atomic E-state index is 0.317. The van der Waals surface area contributed by atoms with Crippen LogP contribution in [-0.2, 0) is 6.42 Å². The minimum Gasteiger partial charge on any atom is -0.371 e. The Morgan fingerprint density at radius 2 is 2.00 bits per heavy atom. The maximum atomic E-state index is 6.23. The van der Waals surface area contributed by atoms with Crippen molar-refractivity contribution in [2.75, 3.05) is 18.0 Å². The highest BCUT2D eigenvalue weighted by molar-refractivity contribution is 5.57. The van der Waals surface area contributed by atoms with E-state index in [1.54, 1.807) is 0 Å². The molecule has 1 atom stereocenters. The number of benzene rings is 1. The summed E-state index contributed by atoms with van der Waals surface area (Å²) in [7, 11) is 0. The summed E-state index contributed by atoms with van der Waals surface area (Å²) >= 11 is 0. The molecule has 1 aromatic rings. The zero-order valence-corrected chi connectivity index (χ0v) is 11.9. The average Bonchev–Trinajstić information content (AvgIpc) is 2.67. The van der Waals surface area contributed by atoms with Crippen LogP contribution in [0.5, 0.6) is 0 Å². The average molecular weight is 246 g/mol. The van der Waals surface area contributed by atoms with Gasteiger partial charge in [-0.15, -0.1) is 0 Å². The molecule has 0 bridgehead atoms. The van der Waals surface area contributed by atoms with Gasteiger partial charge in [0.2, 0.25) is 0 Å². The molecule has 1 aromatic carbocycles. The number of nitrogens with zero attached hydrogens (tertiary/aromatic N) is 1. The van der Waals surface area contributed by atoms with E-state index in [9.17, 15) is 0 Å². The van der Waals surface area contributed by atoms with Crippen molar-refractivity contribution in [3.63, 3.8) is 0 Å². The molecule has 0 spiro atoms. The fourth-order valence-electron chi connectivity index (χ4n) is 2.85. The van der Waals surface area contributed by atoms with Crippen LogP contribution in [0.3, 0.4) is 0 Å². The third-order valence-electron chi connectivity index (χ3n) is 3.63. The molecule has 0 radical (unpaired) electrons. The van der Waals surface area contributed by atoms with Crippen LogP contribution in [0.15, 0.2) is 24.3 Å². The molecule has 1 unspecified atom stereocenters. The molecule has 2 N–H and O–H groups in total. The molecule has 2 rings (SSSR count). The Labute approximate surface area is 111 Å². The van der Waals surface area contributed by atoms with Crippen LogP contribution < -0.4 is 10.6 Å². The first-order valence-electron chi connectivity index (χ1n) is 7.04. The second-order valence-electron chi connectivity index (χ2n) is 6.68. The maximum absolute atomic E-state index is 6.23. The quantitative estimate of drug-likeness (QED) is 0.884. The molecule has 2 heteroatoms. The van der Waals surface area contributed by atoms with Crippen molar-refractivity contribution in [1.82, 2.24) is 0 Å². The van der Waals surface area contributed by atoms with Crippen molar-refractivity contribution >= 4 is 5.69 Å². The molecule has 2 nitrogen and oxygen atoms in total. The summed E-state index contributed by atoms with van der Waals surface area (Å²) in [5.41, 5.74) is 9.47. The smallest absolute Gasteiger partial charge is 0.0399 e. The van der Waals surface area contributed by atoms with E-state index < -0.39 is 0 Å². The first kappa shape index (κ1) is 13.4. The third-order valence-corrected chi connectivity index (χ3v) is 3.63. The molecule has 100 valence electrons. The van der Waals surface area contributed by atoms with Gasteiger partial charge in [-0.05, 0) is 36.3 Å². The molecule has 1 heterocycles. The molecule has 0 saturated carbocycles. The fourth-order valence-corrected chi connectivity index (χ4v) is 2.85. The molecular weight excluding hydrogens is 220 g/mol. The predicted molar refractivity (Wildman–Crippen MR) is 79.0 cm³/mol. The largest absolute Gasteiger partial charge is 0.371 e.